The third-order valence-electron chi connectivity index (χ3n) is 0.381. The summed E-state index contributed by atoms with van der Waals surface area (Å²) in [6.07, 6.45) is 1.58. The minimum absolute atomic E-state index is 1.58. The maximum atomic E-state index is 9.58. The molecule has 0 bridgehead atoms. The summed E-state index contributed by atoms with van der Waals surface area (Å²) in [5, 5.41) is 0. The Morgan fingerprint density at radius 2 is 1.86 bits per heavy atom. The summed E-state index contributed by atoms with van der Waals surface area (Å²) in [5.74, 6) is 0. The van der Waals surface area contributed by atoms with Crippen molar-refractivity contribution >= 4 is 27.6 Å². The van der Waals surface area contributed by atoms with Crippen molar-refractivity contribution in [1.82, 2.24) is 0 Å². The van der Waals surface area contributed by atoms with Gasteiger partial charge in [-0.2, -0.15) is 0 Å². The Morgan fingerprint density at radius 3 is 1.86 bits per heavy atom. The first-order chi connectivity index (χ1) is 3.06. The maximum absolute atomic E-state index is 9.58. The van der Waals surface area contributed by atoms with E-state index in [1.807, 2.05) is 0 Å². The molecule has 7 heavy (non-hydrogen) atoms. The van der Waals surface area contributed by atoms with Gasteiger partial charge in [0, 0.05) is 0 Å². The van der Waals surface area contributed by atoms with Gasteiger partial charge in [0.1, 0.15) is 0 Å². The molecule has 0 unspecified atom stereocenters. The molecule has 0 aromatic rings. The number of isocyanates is 1. The van der Waals surface area contributed by atoms with Crippen LogP contribution in [0.1, 0.15) is 0 Å². The van der Waals surface area contributed by atoms with E-state index in [4.69, 9.17) is 0 Å². The zero-order valence-electron chi connectivity index (χ0n) is 4.86. The Kier molecular flexibility index (Phi) is 2.68. The van der Waals surface area contributed by atoms with E-state index in [0.29, 0.717) is 0 Å². The van der Waals surface area contributed by atoms with Crippen LogP contribution in [0.4, 0.5) is 0 Å². The van der Waals surface area contributed by atoms with Crippen molar-refractivity contribution in [1.29, 1.82) is 0 Å². The molecule has 0 saturated heterocycles. The van der Waals surface area contributed by atoms with Gasteiger partial charge in [0.05, 0.1) is 0 Å². The van der Waals surface area contributed by atoms with Crippen LogP contribution >= 0.6 is 0 Å². The Balaban J connectivity index is 3.80. The van der Waals surface area contributed by atoms with Crippen molar-refractivity contribution in [2.45, 2.75) is 13.4 Å². The van der Waals surface area contributed by atoms with Crippen LogP contribution in [0.25, 0.3) is 0 Å². The molecule has 0 aromatic carbocycles. The van der Waals surface area contributed by atoms with E-state index < -0.39 is 21.5 Å². The summed E-state index contributed by atoms with van der Waals surface area (Å²) < 4.78 is 9.88. The number of hydrogen-bond acceptors (Lipinski definition) is 2. The van der Waals surface area contributed by atoms with Crippen LogP contribution in [0.15, 0.2) is 2.80 Å². The molecule has 0 amide bonds. The van der Waals surface area contributed by atoms with Crippen LogP contribution < -0.4 is 0 Å². The molecule has 0 aliphatic rings. The number of carbonyl (C=O) groups excluding carboxylic acids is 1. The average Bonchev–Trinajstić information content (AvgIpc) is 1.30. The Bertz CT molecular complexity index is 98.7. The molecule has 0 saturated carbocycles. The molecule has 0 aromatic heterocycles. The fourth-order valence-electron chi connectivity index (χ4n) is 0.137. The quantitative estimate of drug-likeness (QED) is 0.405. The van der Waals surface area contributed by atoms with Crippen molar-refractivity contribution in [2.24, 2.45) is 2.80 Å². The second-order valence-corrected chi connectivity index (χ2v) is 20.1. The van der Waals surface area contributed by atoms with Gasteiger partial charge in [0.15, 0.2) is 0 Å². The van der Waals surface area contributed by atoms with E-state index >= 15 is 0 Å². The van der Waals surface area contributed by atoms with Gasteiger partial charge in [-0.25, -0.2) is 0 Å². The van der Waals surface area contributed by atoms with Gasteiger partial charge in [0.25, 0.3) is 0 Å². The standard InChI is InChI=1S/CNO.3CH3.Pb/c2-1-3;;;;/h;3*1H3;/q-1;;;;+1. The van der Waals surface area contributed by atoms with Gasteiger partial charge in [-0.15, -0.1) is 0 Å². The normalized spacial score (nSPS) is 10.1. The van der Waals surface area contributed by atoms with Crippen LogP contribution in [-0.4, -0.2) is 27.6 Å². The third kappa shape index (κ3) is 6.30. The Morgan fingerprint density at radius 1 is 1.43 bits per heavy atom. The van der Waals surface area contributed by atoms with Crippen molar-refractivity contribution in [3.05, 3.63) is 0 Å². The fourth-order valence-corrected chi connectivity index (χ4v) is 1.20. The molecule has 0 rings (SSSR count). The SMILES string of the molecule is [CH3][Pb]([CH3])([CH3])[N]=C=O. The van der Waals surface area contributed by atoms with Gasteiger partial charge in [-0.1, -0.05) is 0 Å². The first-order valence-electron chi connectivity index (χ1n) is 2.15. The summed E-state index contributed by atoms with van der Waals surface area (Å²) in [7, 11) is 0. The van der Waals surface area contributed by atoms with Gasteiger partial charge in [-0.05, 0) is 0 Å². The van der Waals surface area contributed by atoms with E-state index in [0.717, 1.165) is 0 Å². The molecular weight excluding hydrogens is 285 g/mol. The van der Waals surface area contributed by atoms with Gasteiger partial charge < -0.3 is 0 Å². The molecule has 3 heteroatoms. The van der Waals surface area contributed by atoms with E-state index in [-0.39, 0.29) is 0 Å². The molecule has 0 heterocycles. The Hall–Kier alpha value is 0.302. The molecule has 2 nitrogen and oxygen atoms in total. The first-order valence-corrected chi connectivity index (χ1v) is 15.6. The molecular formula is C4H9NOPb. The van der Waals surface area contributed by atoms with Gasteiger partial charge >= 0.3 is 48.6 Å². The van der Waals surface area contributed by atoms with E-state index in [1.165, 1.54) is 0 Å². The average molecular weight is 294 g/mol. The van der Waals surface area contributed by atoms with Crippen molar-refractivity contribution in [3.8, 4) is 0 Å². The summed E-state index contributed by atoms with van der Waals surface area (Å²) in [5.41, 5.74) is 0. The van der Waals surface area contributed by atoms with Crippen LogP contribution in [0.5, 0.6) is 0 Å². The third-order valence-corrected chi connectivity index (χ3v) is 3.34. The molecule has 0 aliphatic carbocycles. The predicted octanol–water partition coefficient (Wildman–Crippen LogP) is 1.16. The fraction of sp³-hybridized carbons (Fsp3) is 0.750. The van der Waals surface area contributed by atoms with E-state index in [9.17, 15) is 4.79 Å². The van der Waals surface area contributed by atoms with Crippen molar-refractivity contribution < 1.29 is 4.79 Å². The summed E-state index contributed by atoms with van der Waals surface area (Å²) in [6, 6.07) is 0. The van der Waals surface area contributed by atoms with Crippen LogP contribution in [0.2, 0.25) is 13.4 Å². The second-order valence-electron chi connectivity index (χ2n) is 2.37. The van der Waals surface area contributed by atoms with Gasteiger partial charge in [0.2, 0.25) is 0 Å². The molecule has 0 N–H and O–H groups in total. The van der Waals surface area contributed by atoms with Crippen LogP contribution in [0, 0.1) is 0 Å². The summed E-state index contributed by atoms with van der Waals surface area (Å²) >= 11 is -2.18. The van der Waals surface area contributed by atoms with Crippen LogP contribution in [0.3, 0.4) is 0 Å². The molecule has 0 aliphatic heterocycles. The first kappa shape index (κ1) is 7.30. The molecule has 0 fully saturated rings. The van der Waals surface area contributed by atoms with Crippen molar-refractivity contribution in [2.75, 3.05) is 0 Å². The summed E-state index contributed by atoms with van der Waals surface area (Å²) in [4.78, 5) is 9.58. The zero-order valence-corrected chi connectivity index (χ0v) is 8.74. The van der Waals surface area contributed by atoms with E-state index in [1.54, 1.807) is 6.08 Å². The summed E-state index contributed by atoms with van der Waals surface area (Å²) in [6.45, 7) is 0. The zero-order chi connectivity index (χ0) is 5.91. The molecule has 0 radical (unpaired) electrons. The monoisotopic (exact) mass is 295 g/mol. The van der Waals surface area contributed by atoms with E-state index in [2.05, 4.69) is 16.3 Å². The number of nitrogens with zero attached hydrogens (tertiary/aromatic N) is 1. The number of rotatable bonds is 1. The molecule has 0 atom stereocenters. The van der Waals surface area contributed by atoms with Gasteiger partial charge in [-0.3, -0.25) is 0 Å². The topological polar surface area (TPSA) is 29.4 Å². The molecule has 40 valence electrons. The predicted molar refractivity (Wildman–Crippen MR) is 31.5 cm³/mol. The minimum atomic E-state index is -2.18. The van der Waals surface area contributed by atoms with Crippen molar-refractivity contribution in [3.63, 3.8) is 0 Å². The molecule has 0 spiro atoms. The second kappa shape index (κ2) is 2.57. The Labute approximate surface area is 48.7 Å². The van der Waals surface area contributed by atoms with Crippen LogP contribution in [-0.2, 0) is 4.79 Å². The number of hydrogen-bond donors (Lipinski definition) is 0.